The number of anilines is 3. The first kappa shape index (κ1) is 25.3. The molecule has 0 saturated carbocycles. The highest BCUT2D eigenvalue weighted by atomic mass is 35.5. The van der Waals surface area contributed by atoms with Crippen molar-refractivity contribution in [3.63, 3.8) is 0 Å². The van der Waals surface area contributed by atoms with Gasteiger partial charge in [-0.1, -0.05) is 17.7 Å². The van der Waals surface area contributed by atoms with E-state index in [0.717, 1.165) is 54.5 Å². The fraction of sp³-hybridized carbons (Fsp3) is 0.296. The van der Waals surface area contributed by atoms with E-state index in [0.29, 0.717) is 28.3 Å². The molecule has 3 aromatic rings. The summed E-state index contributed by atoms with van der Waals surface area (Å²) < 4.78 is 10.8. The van der Waals surface area contributed by atoms with Crippen molar-refractivity contribution in [1.82, 2.24) is 14.9 Å². The average molecular weight is 507 g/mol. The molecule has 0 spiro atoms. The van der Waals surface area contributed by atoms with Crippen LogP contribution >= 0.6 is 11.6 Å². The van der Waals surface area contributed by atoms with Crippen LogP contribution < -0.4 is 19.7 Å². The molecule has 0 amide bonds. The largest absolute Gasteiger partial charge is 0.497 e. The Kier molecular flexibility index (Phi) is 7.95. The molecule has 2 aromatic carbocycles. The summed E-state index contributed by atoms with van der Waals surface area (Å²) in [7, 11) is 3.26. The molecule has 2 heterocycles. The first-order valence-electron chi connectivity index (χ1n) is 11.7. The molecule has 0 aliphatic carbocycles. The second-order valence-corrected chi connectivity index (χ2v) is 8.82. The number of nitrogens with zero attached hydrogens (tertiary/aromatic N) is 5. The summed E-state index contributed by atoms with van der Waals surface area (Å²) in [6.45, 7) is 11.0. The Hall–Kier alpha value is -3.78. The maximum absolute atomic E-state index is 6.16. The molecule has 1 aliphatic heterocycles. The second-order valence-electron chi connectivity index (χ2n) is 8.39. The van der Waals surface area contributed by atoms with Crippen LogP contribution in [-0.2, 0) is 0 Å². The number of methoxy groups -OCH3 is 2. The van der Waals surface area contributed by atoms with Crippen LogP contribution in [0.15, 0.2) is 53.5 Å². The SMILES string of the molecule is C=Nc1cc(Cl)ccc1/C(=C\C)N1CCN(c2nc(C)cc(Nc3cc(OC)cc(OC)c3)n2)CC1. The minimum absolute atomic E-state index is 0.648. The summed E-state index contributed by atoms with van der Waals surface area (Å²) >= 11 is 6.16. The van der Waals surface area contributed by atoms with Gasteiger partial charge < -0.3 is 24.6 Å². The molecular weight excluding hydrogens is 476 g/mol. The van der Waals surface area contributed by atoms with Crippen LogP contribution in [0.2, 0.25) is 5.02 Å². The molecule has 1 aliphatic rings. The maximum atomic E-state index is 6.16. The maximum Gasteiger partial charge on any atom is 0.227 e. The predicted molar refractivity (Wildman–Crippen MR) is 148 cm³/mol. The van der Waals surface area contributed by atoms with Crippen molar-refractivity contribution < 1.29 is 9.47 Å². The quantitative estimate of drug-likeness (QED) is 0.392. The van der Waals surface area contributed by atoms with Crippen LogP contribution in [0.1, 0.15) is 18.2 Å². The Morgan fingerprint density at radius 1 is 1.03 bits per heavy atom. The van der Waals surface area contributed by atoms with Gasteiger partial charge in [0.2, 0.25) is 5.95 Å². The smallest absolute Gasteiger partial charge is 0.227 e. The summed E-state index contributed by atoms with van der Waals surface area (Å²) in [6.07, 6.45) is 2.11. The number of benzene rings is 2. The van der Waals surface area contributed by atoms with Crippen LogP contribution in [0, 0.1) is 6.92 Å². The van der Waals surface area contributed by atoms with Gasteiger partial charge in [0.1, 0.15) is 17.3 Å². The zero-order valence-corrected chi connectivity index (χ0v) is 21.8. The predicted octanol–water partition coefficient (Wildman–Crippen LogP) is 5.71. The topological polar surface area (TPSA) is 75.1 Å². The Morgan fingerprint density at radius 3 is 2.33 bits per heavy atom. The number of allylic oxidation sites excluding steroid dienone is 1. The van der Waals surface area contributed by atoms with Crippen LogP contribution in [-0.4, -0.2) is 62.0 Å². The minimum Gasteiger partial charge on any atom is -0.497 e. The van der Waals surface area contributed by atoms with Gasteiger partial charge in [0.15, 0.2) is 0 Å². The third-order valence-electron chi connectivity index (χ3n) is 6.05. The molecule has 1 aromatic heterocycles. The highest BCUT2D eigenvalue weighted by molar-refractivity contribution is 6.30. The van der Waals surface area contributed by atoms with E-state index < -0.39 is 0 Å². The number of aryl methyl sites for hydroxylation is 1. The Morgan fingerprint density at radius 2 is 1.72 bits per heavy atom. The van der Waals surface area contributed by atoms with E-state index >= 15 is 0 Å². The zero-order chi connectivity index (χ0) is 25.7. The summed E-state index contributed by atoms with van der Waals surface area (Å²) in [5.41, 5.74) is 4.64. The fourth-order valence-corrected chi connectivity index (χ4v) is 4.46. The van der Waals surface area contributed by atoms with Crippen molar-refractivity contribution in [2.45, 2.75) is 13.8 Å². The number of aliphatic imine (C=N–C) groups is 1. The van der Waals surface area contributed by atoms with Crippen molar-refractivity contribution in [3.05, 3.63) is 64.8 Å². The Balaban J connectivity index is 1.49. The Bertz CT molecular complexity index is 1250. The van der Waals surface area contributed by atoms with Gasteiger partial charge in [-0.15, -0.1) is 0 Å². The van der Waals surface area contributed by atoms with Crippen molar-refractivity contribution in [3.8, 4) is 11.5 Å². The van der Waals surface area contributed by atoms with Gasteiger partial charge in [0, 0.05) is 78.1 Å². The molecular formula is C27H31ClN6O2. The fourth-order valence-electron chi connectivity index (χ4n) is 4.29. The first-order valence-corrected chi connectivity index (χ1v) is 12.1. The molecule has 1 fully saturated rings. The lowest BCUT2D eigenvalue weighted by molar-refractivity contribution is 0.364. The lowest BCUT2D eigenvalue weighted by Crippen LogP contribution is -2.46. The number of aromatic nitrogens is 2. The number of nitrogens with one attached hydrogen (secondary N) is 1. The highest BCUT2D eigenvalue weighted by Gasteiger charge is 2.23. The van der Waals surface area contributed by atoms with Crippen LogP contribution in [0.5, 0.6) is 11.5 Å². The molecule has 36 heavy (non-hydrogen) atoms. The van der Waals surface area contributed by atoms with Gasteiger partial charge in [-0.2, -0.15) is 4.98 Å². The second kappa shape index (κ2) is 11.3. The molecule has 0 bridgehead atoms. The molecule has 0 unspecified atom stereocenters. The summed E-state index contributed by atoms with van der Waals surface area (Å²) in [5.74, 6) is 2.82. The van der Waals surface area contributed by atoms with Gasteiger partial charge in [0.25, 0.3) is 0 Å². The molecule has 188 valence electrons. The first-order chi connectivity index (χ1) is 17.4. The third-order valence-corrected chi connectivity index (χ3v) is 6.28. The van der Waals surface area contributed by atoms with Crippen molar-refractivity contribution in [2.75, 3.05) is 50.6 Å². The van der Waals surface area contributed by atoms with E-state index in [-0.39, 0.29) is 0 Å². The summed E-state index contributed by atoms with van der Waals surface area (Å²) in [6, 6.07) is 13.3. The van der Waals surface area contributed by atoms with Gasteiger partial charge >= 0.3 is 0 Å². The lowest BCUT2D eigenvalue weighted by atomic mass is 10.1. The van der Waals surface area contributed by atoms with E-state index in [1.807, 2.05) is 56.3 Å². The van der Waals surface area contributed by atoms with Crippen molar-refractivity contribution in [2.24, 2.45) is 4.99 Å². The number of ether oxygens (including phenoxy) is 2. The van der Waals surface area contributed by atoms with Crippen LogP contribution in [0.25, 0.3) is 5.70 Å². The molecule has 4 rings (SSSR count). The van der Waals surface area contributed by atoms with Crippen molar-refractivity contribution in [1.29, 1.82) is 0 Å². The average Bonchev–Trinajstić information content (AvgIpc) is 2.89. The number of piperazine rings is 1. The monoisotopic (exact) mass is 506 g/mol. The van der Waals surface area contributed by atoms with Crippen LogP contribution in [0.3, 0.4) is 0 Å². The normalized spacial score (nSPS) is 14.0. The van der Waals surface area contributed by atoms with Gasteiger partial charge in [-0.05, 0) is 38.8 Å². The number of halogens is 1. The zero-order valence-electron chi connectivity index (χ0n) is 21.1. The number of hydrogen-bond donors (Lipinski definition) is 1. The number of hydrogen-bond acceptors (Lipinski definition) is 8. The van der Waals surface area contributed by atoms with E-state index in [2.05, 4.69) is 32.9 Å². The van der Waals surface area contributed by atoms with E-state index in [4.69, 9.17) is 31.0 Å². The molecule has 1 saturated heterocycles. The molecule has 9 heteroatoms. The van der Waals surface area contributed by atoms with E-state index in [9.17, 15) is 0 Å². The summed E-state index contributed by atoms with van der Waals surface area (Å²) in [5, 5.41) is 4.01. The molecule has 1 N–H and O–H groups in total. The molecule has 0 atom stereocenters. The van der Waals surface area contributed by atoms with Crippen LogP contribution in [0.4, 0.5) is 23.1 Å². The number of rotatable bonds is 8. The lowest BCUT2D eigenvalue weighted by Gasteiger charge is -2.37. The molecule has 8 nitrogen and oxygen atoms in total. The Labute approximate surface area is 217 Å². The van der Waals surface area contributed by atoms with E-state index in [1.165, 1.54) is 0 Å². The van der Waals surface area contributed by atoms with E-state index in [1.54, 1.807) is 14.2 Å². The van der Waals surface area contributed by atoms with Crippen molar-refractivity contribution >= 4 is 47.2 Å². The van der Waals surface area contributed by atoms with Gasteiger partial charge in [0.05, 0.1) is 19.9 Å². The van der Waals surface area contributed by atoms with Gasteiger partial charge in [-0.25, -0.2) is 4.98 Å². The summed E-state index contributed by atoms with van der Waals surface area (Å²) in [4.78, 5) is 18.2. The van der Waals surface area contributed by atoms with Gasteiger partial charge in [-0.3, -0.25) is 4.99 Å². The molecule has 0 radical (unpaired) electrons. The third kappa shape index (κ3) is 5.71. The standard InChI is InChI=1S/C27H31ClN6O2/c1-6-25(23-8-7-19(28)14-24(23)29-3)33-9-11-34(12-10-33)27-30-18(2)13-26(32-27)31-20-15-21(35-4)17-22(16-20)36-5/h6-8,13-17H,3,9-12H2,1-2,4-5H3,(H,30,31,32)/b25-6+. The highest BCUT2D eigenvalue weighted by Crippen LogP contribution is 2.32. The minimum atomic E-state index is 0.648.